The maximum absolute atomic E-state index is 12.9. The number of nitrogens with one attached hydrogen (secondary N) is 2. The Hall–Kier alpha value is -3.35. The number of nitrogens with zero attached hydrogens (tertiary/aromatic N) is 3. The molecule has 3 aromatic rings. The van der Waals surface area contributed by atoms with Crippen molar-refractivity contribution in [2.45, 2.75) is 19.8 Å². The minimum absolute atomic E-state index is 0.144. The van der Waals surface area contributed by atoms with Crippen molar-refractivity contribution in [3.63, 3.8) is 0 Å². The highest BCUT2D eigenvalue weighted by atomic mass is 16.5. The standard InChI is InChI=1S/C23H27N5O2/c1-2-30-20-10-9-17-7-3-4-8-19(17)22(20)23(29)25-12-11-24-21-15-18(16-26-27-21)28-13-5-6-14-28/h3-4,7-10,15-16H,2,5-6,11-14H2,1H3,(H,24,27)(H,25,29). The average Bonchev–Trinajstić information content (AvgIpc) is 3.32. The smallest absolute Gasteiger partial charge is 0.255 e. The molecule has 7 nitrogen and oxygen atoms in total. The summed E-state index contributed by atoms with van der Waals surface area (Å²) in [6.07, 6.45) is 4.23. The van der Waals surface area contributed by atoms with Gasteiger partial charge in [0.05, 0.1) is 24.1 Å². The summed E-state index contributed by atoms with van der Waals surface area (Å²) in [7, 11) is 0. The molecule has 2 aromatic carbocycles. The van der Waals surface area contributed by atoms with E-state index in [1.165, 1.54) is 12.8 Å². The molecular weight excluding hydrogens is 378 g/mol. The third kappa shape index (κ3) is 4.45. The molecule has 4 rings (SSSR count). The van der Waals surface area contributed by atoms with Crippen molar-refractivity contribution < 1.29 is 9.53 Å². The normalized spacial score (nSPS) is 13.4. The van der Waals surface area contributed by atoms with E-state index in [4.69, 9.17) is 4.74 Å². The van der Waals surface area contributed by atoms with E-state index < -0.39 is 0 Å². The van der Waals surface area contributed by atoms with Crippen LogP contribution in [0.25, 0.3) is 10.8 Å². The van der Waals surface area contributed by atoms with Crippen LogP contribution in [0, 0.1) is 0 Å². The van der Waals surface area contributed by atoms with E-state index in [0.717, 1.165) is 29.5 Å². The molecule has 0 unspecified atom stereocenters. The summed E-state index contributed by atoms with van der Waals surface area (Å²) in [5, 5.41) is 16.4. The molecule has 1 amide bonds. The van der Waals surface area contributed by atoms with E-state index in [-0.39, 0.29) is 5.91 Å². The van der Waals surface area contributed by atoms with Crippen LogP contribution >= 0.6 is 0 Å². The van der Waals surface area contributed by atoms with Crippen LogP contribution in [0.15, 0.2) is 48.7 Å². The van der Waals surface area contributed by atoms with Crippen molar-refractivity contribution in [2.75, 3.05) is 43.0 Å². The van der Waals surface area contributed by atoms with Crippen LogP contribution in [-0.2, 0) is 0 Å². The average molecular weight is 406 g/mol. The summed E-state index contributed by atoms with van der Waals surface area (Å²) in [6, 6.07) is 13.7. The molecule has 0 bridgehead atoms. The van der Waals surface area contributed by atoms with Gasteiger partial charge in [-0.05, 0) is 36.6 Å². The number of benzene rings is 2. The first-order valence-electron chi connectivity index (χ1n) is 10.5. The number of hydrogen-bond acceptors (Lipinski definition) is 6. The lowest BCUT2D eigenvalue weighted by Gasteiger charge is -2.17. The number of hydrogen-bond donors (Lipinski definition) is 2. The molecular formula is C23H27N5O2. The zero-order chi connectivity index (χ0) is 20.8. The number of aromatic nitrogens is 2. The summed E-state index contributed by atoms with van der Waals surface area (Å²) in [5.74, 6) is 1.17. The van der Waals surface area contributed by atoms with Gasteiger partial charge in [-0.15, -0.1) is 5.10 Å². The Morgan fingerprint density at radius 2 is 1.97 bits per heavy atom. The van der Waals surface area contributed by atoms with Crippen molar-refractivity contribution in [2.24, 2.45) is 0 Å². The molecule has 2 N–H and O–H groups in total. The third-order valence-corrected chi connectivity index (χ3v) is 5.25. The van der Waals surface area contributed by atoms with Gasteiger partial charge in [0.2, 0.25) is 0 Å². The maximum Gasteiger partial charge on any atom is 0.255 e. The van der Waals surface area contributed by atoms with Gasteiger partial charge in [-0.1, -0.05) is 30.3 Å². The first-order chi connectivity index (χ1) is 14.8. The van der Waals surface area contributed by atoms with Crippen molar-refractivity contribution in [1.82, 2.24) is 15.5 Å². The monoisotopic (exact) mass is 405 g/mol. The second-order valence-corrected chi connectivity index (χ2v) is 7.27. The quantitative estimate of drug-likeness (QED) is 0.559. The Labute approximate surface area is 176 Å². The molecule has 1 aromatic heterocycles. The van der Waals surface area contributed by atoms with Gasteiger partial charge in [-0.25, -0.2) is 0 Å². The largest absolute Gasteiger partial charge is 0.493 e. The van der Waals surface area contributed by atoms with Gasteiger partial charge < -0.3 is 20.3 Å². The molecule has 0 radical (unpaired) electrons. The van der Waals surface area contributed by atoms with E-state index in [1.54, 1.807) is 6.20 Å². The zero-order valence-corrected chi connectivity index (χ0v) is 17.2. The van der Waals surface area contributed by atoms with Gasteiger partial charge in [-0.3, -0.25) is 4.79 Å². The predicted molar refractivity (Wildman–Crippen MR) is 119 cm³/mol. The molecule has 1 fully saturated rings. The topological polar surface area (TPSA) is 79.4 Å². The fourth-order valence-electron chi connectivity index (χ4n) is 3.81. The Kier molecular flexibility index (Phi) is 6.27. The highest BCUT2D eigenvalue weighted by molar-refractivity contribution is 6.09. The highest BCUT2D eigenvalue weighted by Crippen LogP contribution is 2.28. The maximum atomic E-state index is 12.9. The van der Waals surface area contributed by atoms with Crippen LogP contribution in [0.4, 0.5) is 11.5 Å². The Morgan fingerprint density at radius 3 is 2.80 bits per heavy atom. The first kappa shape index (κ1) is 19.9. The lowest BCUT2D eigenvalue weighted by molar-refractivity contribution is 0.0953. The van der Waals surface area contributed by atoms with E-state index in [2.05, 4.69) is 25.7 Å². The molecule has 7 heteroatoms. The van der Waals surface area contributed by atoms with Gasteiger partial charge in [0.15, 0.2) is 5.82 Å². The Morgan fingerprint density at radius 1 is 1.13 bits per heavy atom. The molecule has 1 saturated heterocycles. The SMILES string of the molecule is CCOc1ccc2ccccc2c1C(=O)NCCNc1cc(N2CCCC2)cnn1. The third-order valence-electron chi connectivity index (χ3n) is 5.25. The number of carbonyl (C=O) groups excluding carboxylic acids is 1. The minimum atomic E-state index is -0.144. The van der Waals surface area contributed by atoms with Crippen molar-refractivity contribution >= 4 is 28.2 Å². The summed E-state index contributed by atoms with van der Waals surface area (Å²) >= 11 is 0. The Bertz CT molecular complexity index is 1020. The van der Waals surface area contributed by atoms with Crippen LogP contribution in [0.5, 0.6) is 5.75 Å². The summed E-state index contributed by atoms with van der Waals surface area (Å²) in [5.41, 5.74) is 1.66. The minimum Gasteiger partial charge on any atom is -0.493 e. The molecule has 1 aliphatic heterocycles. The van der Waals surface area contributed by atoms with Gasteiger partial charge >= 0.3 is 0 Å². The molecule has 0 aliphatic carbocycles. The number of fused-ring (bicyclic) bond motifs is 1. The van der Waals surface area contributed by atoms with Gasteiger partial charge in [0.1, 0.15) is 5.75 Å². The lowest BCUT2D eigenvalue weighted by atomic mass is 10.0. The van der Waals surface area contributed by atoms with E-state index in [0.29, 0.717) is 36.8 Å². The van der Waals surface area contributed by atoms with Crippen molar-refractivity contribution in [3.05, 3.63) is 54.2 Å². The molecule has 2 heterocycles. The number of anilines is 2. The van der Waals surface area contributed by atoms with Gasteiger partial charge in [0.25, 0.3) is 5.91 Å². The van der Waals surface area contributed by atoms with Crippen LogP contribution in [0.1, 0.15) is 30.1 Å². The highest BCUT2D eigenvalue weighted by Gasteiger charge is 2.16. The van der Waals surface area contributed by atoms with Crippen LogP contribution in [0.3, 0.4) is 0 Å². The predicted octanol–water partition coefficient (Wildman–Crippen LogP) is 3.47. The molecule has 156 valence electrons. The first-order valence-corrected chi connectivity index (χ1v) is 10.5. The summed E-state index contributed by atoms with van der Waals surface area (Å²) in [4.78, 5) is 15.3. The van der Waals surface area contributed by atoms with E-state index in [9.17, 15) is 4.79 Å². The van der Waals surface area contributed by atoms with Gasteiger partial charge in [0, 0.05) is 32.2 Å². The summed E-state index contributed by atoms with van der Waals surface area (Å²) < 4.78 is 5.70. The molecule has 0 atom stereocenters. The number of carbonyl (C=O) groups is 1. The van der Waals surface area contributed by atoms with Crippen LogP contribution in [-0.4, -0.2) is 48.9 Å². The second kappa shape index (κ2) is 9.43. The van der Waals surface area contributed by atoms with Crippen molar-refractivity contribution in [3.8, 4) is 5.75 Å². The van der Waals surface area contributed by atoms with Crippen LogP contribution < -0.4 is 20.3 Å². The molecule has 1 aliphatic rings. The Balaban J connectivity index is 1.38. The number of ether oxygens (including phenoxy) is 1. The zero-order valence-electron chi connectivity index (χ0n) is 17.2. The van der Waals surface area contributed by atoms with E-state index in [1.807, 2.05) is 49.4 Å². The molecule has 0 spiro atoms. The fourth-order valence-corrected chi connectivity index (χ4v) is 3.81. The number of amides is 1. The summed E-state index contributed by atoms with van der Waals surface area (Å²) in [6.45, 7) is 5.56. The molecule has 0 saturated carbocycles. The molecule has 30 heavy (non-hydrogen) atoms. The van der Waals surface area contributed by atoms with Gasteiger partial charge in [-0.2, -0.15) is 5.10 Å². The van der Waals surface area contributed by atoms with Crippen molar-refractivity contribution in [1.29, 1.82) is 0 Å². The number of rotatable bonds is 8. The van der Waals surface area contributed by atoms with Crippen LogP contribution in [0.2, 0.25) is 0 Å². The second-order valence-electron chi connectivity index (χ2n) is 7.27. The lowest BCUT2D eigenvalue weighted by Crippen LogP contribution is -2.29. The van der Waals surface area contributed by atoms with E-state index >= 15 is 0 Å². The fraction of sp³-hybridized carbons (Fsp3) is 0.348.